The fourth-order valence-electron chi connectivity index (χ4n) is 2.48. The van der Waals surface area contributed by atoms with Gasteiger partial charge in [-0.2, -0.15) is 0 Å². The summed E-state index contributed by atoms with van der Waals surface area (Å²) in [6.45, 7) is 0. The number of fused-ring (bicyclic) bond motifs is 1. The van der Waals surface area contributed by atoms with Crippen molar-refractivity contribution >= 4 is 26.8 Å². The number of rotatable bonds is 2. The van der Waals surface area contributed by atoms with E-state index in [0.717, 1.165) is 26.8 Å². The van der Waals surface area contributed by atoms with Gasteiger partial charge in [0.15, 0.2) is 0 Å². The minimum Gasteiger partial charge on any atom is -0.506 e. The minimum absolute atomic E-state index is 0.151. The summed E-state index contributed by atoms with van der Waals surface area (Å²) in [5.41, 5.74) is 3.13. The van der Waals surface area contributed by atoms with E-state index in [1.165, 1.54) is 0 Å². The first-order chi connectivity index (χ1) is 11.2. The SMILES string of the molecule is Oc1ccc(-n2cc(-c3ccc(Br)cc3)nn2)c2cccnc12. The van der Waals surface area contributed by atoms with Gasteiger partial charge in [0, 0.05) is 21.6 Å². The summed E-state index contributed by atoms with van der Waals surface area (Å²) >= 11 is 3.42. The molecule has 0 bridgehead atoms. The number of phenols is 1. The molecule has 0 atom stereocenters. The normalized spacial score (nSPS) is 11.0. The molecule has 0 spiro atoms. The predicted octanol–water partition coefficient (Wildman–Crippen LogP) is 3.95. The molecule has 4 rings (SSSR count). The van der Waals surface area contributed by atoms with E-state index in [1.54, 1.807) is 23.0 Å². The van der Waals surface area contributed by atoms with E-state index < -0.39 is 0 Å². The van der Waals surface area contributed by atoms with Crippen LogP contribution in [0.2, 0.25) is 0 Å². The number of hydrogen-bond acceptors (Lipinski definition) is 4. The zero-order valence-electron chi connectivity index (χ0n) is 11.9. The van der Waals surface area contributed by atoms with Crippen molar-refractivity contribution in [2.24, 2.45) is 0 Å². The lowest BCUT2D eigenvalue weighted by atomic mass is 10.1. The molecule has 2 aromatic carbocycles. The number of nitrogens with zero attached hydrogens (tertiary/aromatic N) is 4. The van der Waals surface area contributed by atoms with Crippen molar-refractivity contribution in [2.75, 3.05) is 0 Å². The van der Waals surface area contributed by atoms with Crippen LogP contribution in [-0.4, -0.2) is 25.1 Å². The zero-order valence-corrected chi connectivity index (χ0v) is 13.5. The first-order valence-corrected chi connectivity index (χ1v) is 7.77. The molecule has 0 saturated carbocycles. The van der Waals surface area contributed by atoms with Crippen LogP contribution in [0.25, 0.3) is 27.8 Å². The fourth-order valence-corrected chi connectivity index (χ4v) is 2.74. The fraction of sp³-hybridized carbons (Fsp3) is 0. The number of aromatic nitrogens is 4. The number of benzene rings is 2. The number of halogens is 1. The molecule has 2 heterocycles. The topological polar surface area (TPSA) is 63.8 Å². The van der Waals surface area contributed by atoms with Crippen molar-refractivity contribution in [1.82, 2.24) is 20.0 Å². The van der Waals surface area contributed by atoms with Crippen LogP contribution in [-0.2, 0) is 0 Å². The van der Waals surface area contributed by atoms with Gasteiger partial charge in [-0.15, -0.1) is 5.10 Å². The van der Waals surface area contributed by atoms with Gasteiger partial charge in [0.2, 0.25) is 0 Å². The largest absolute Gasteiger partial charge is 0.506 e. The molecular formula is C17H11BrN4O. The summed E-state index contributed by atoms with van der Waals surface area (Å²) < 4.78 is 2.71. The van der Waals surface area contributed by atoms with Crippen molar-refractivity contribution in [3.8, 4) is 22.7 Å². The van der Waals surface area contributed by atoms with Gasteiger partial charge >= 0.3 is 0 Å². The van der Waals surface area contributed by atoms with Crippen molar-refractivity contribution in [1.29, 1.82) is 0 Å². The monoisotopic (exact) mass is 366 g/mol. The molecule has 112 valence electrons. The van der Waals surface area contributed by atoms with E-state index in [1.807, 2.05) is 42.6 Å². The highest BCUT2D eigenvalue weighted by Crippen LogP contribution is 2.28. The van der Waals surface area contributed by atoms with Crippen LogP contribution >= 0.6 is 15.9 Å². The molecule has 0 unspecified atom stereocenters. The summed E-state index contributed by atoms with van der Waals surface area (Å²) in [5, 5.41) is 19.2. The summed E-state index contributed by atoms with van der Waals surface area (Å²) in [6, 6.07) is 15.0. The molecule has 0 fully saturated rings. The first kappa shape index (κ1) is 13.9. The smallest absolute Gasteiger partial charge is 0.141 e. The highest BCUT2D eigenvalue weighted by atomic mass is 79.9. The molecule has 0 amide bonds. The predicted molar refractivity (Wildman–Crippen MR) is 91.5 cm³/mol. The molecule has 1 N–H and O–H groups in total. The van der Waals surface area contributed by atoms with Gasteiger partial charge in [-0.3, -0.25) is 4.98 Å². The van der Waals surface area contributed by atoms with Crippen molar-refractivity contribution < 1.29 is 5.11 Å². The number of aromatic hydroxyl groups is 1. The Labute approximate surface area is 140 Å². The lowest BCUT2D eigenvalue weighted by molar-refractivity contribution is 0.480. The Morgan fingerprint density at radius 2 is 1.83 bits per heavy atom. The Hall–Kier alpha value is -2.73. The summed E-state index contributed by atoms with van der Waals surface area (Å²) in [6.07, 6.45) is 3.52. The van der Waals surface area contributed by atoms with Crippen LogP contribution < -0.4 is 0 Å². The van der Waals surface area contributed by atoms with Crippen LogP contribution in [0.3, 0.4) is 0 Å². The molecule has 6 heteroatoms. The maximum absolute atomic E-state index is 9.94. The Morgan fingerprint density at radius 1 is 1.00 bits per heavy atom. The molecule has 0 aliphatic rings. The third-order valence-corrected chi connectivity index (χ3v) is 4.13. The number of phenolic OH excluding ortho intramolecular Hbond substituents is 1. The maximum atomic E-state index is 9.94. The van der Waals surface area contributed by atoms with E-state index >= 15 is 0 Å². The van der Waals surface area contributed by atoms with E-state index in [2.05, 4.69) is 31.2 Å². The van der Waals surface area contributed by atoms with E-state index in [0.29, 0.717) is 5.52 Å². The Kier molecular flexibility index (Phi) is 3.31. The van der Waals surface area contributed by atoms with Crippen molar-refractivity contribution in [2.45, 2.75) is 0 Å². The standard InChI is InChI=1S/C17H11BrN4O/c18-12-5-3-11(4-6-12)14-10-22(21-20-14)15-7-8-16(23)17-13(15)2-1-9-19-17/h1-10,23H. The van der Waals surface area contributed by atoms with Crippen molar-refractivity contribution in [3.63, 3.8) is 0 Å². The molecule has 0 saturated heterocycles. The zero-order chi connectivity index (χ0) is 15.8. The van der Waals surface area contributed by atoms with Crippen molar-refractivity contribution in [3.05, 3.63) is 65.4 Å². The molecular weight excluding hydrogens is 356 g/mol. The highest BCUT2D eigenvalue weighted by Gasteiger charge is 2.10. The van der Waals surface area contributed by atoms with E-state index in [4.69, 9.17) is 0 Å². The van der Waals surface area contributed by atoms with E-state index in [9.17, 15) is 5.11 Å². The summed E-state index contributed by atoms with van der Waals surface area (Å²) in [5.74, 6) is 0.151. The first-order valence-electron chi connectivity index (χ1n) is 6.98. The molecule has 0 aliphatic heterocycles. The van der Waals surface area contributed by atoms with Gasteiger partial charge in [0.05, 0.1) is 11.9 Å². The molecule has 5 nitrogen and oxygen atoms in total. The molecule has 0 aliphatic carbocycles. The third-order valence-electron chi connectivity index (χ3n) is 3.61. The quantitative estimate of drug-likeness (QED) is 0.583. The lowest BCUT2D eigenvalue weighted by Crippen LogP contribution is -1.96. The Bertz CT molecular complexity index is 995. The van der Waals surface area contributed by atoms with Crippen LogP contribution in [0.1, 0.15) is 0 Å². The molecule has 2 aromatic heterocycles. The van der Waals surface area contributed by atoms with Gasteiger partial charge < -0.3 is 5.11 Å². The second-order valence-corrected chi connectivity index (χ2v) is 5.97. The van der Waals surface area contributed by atoms with Gasteiger partial charge in [-0.1, -0.05) is 33.3 Å². The second kappa shape index (κ2) is 5.48. The van der Waals surface area contributed by atoms with Gasteiger partial charge in [-0.05, 0) is 36.4 Å². The summed E-state index contributed by atoms with van der Waals surface area (Å²) in [7, 11) is 0. The number of hydrogen-bond donors (Lipinski definition) is 1. The highest BCUT2D eigenvalue weighted by molar-refractivity contribution is 9.10. The minimum atomic E-state index is 0.151. The summed E-state index contributed by atoms with van der Waals surface area (Å²) in [4.78, 5) is 4.22. The van der Waals surface area contributed by atoms with Crippen LogP contribution in [0.5, 0.6) is 5.75 Å². The van der Waals surface area contributed by atoms with Gasteiger partial charge in [0.25, 0.3) is 0 Å². The Morgan fingerprint density at radius 3 is 2.65 bits per heavy atom. The van der Waals surface area contributed by atoms with Gasteiger partial charge in [-0.25, -0.2) is 4.68 Å². The molecule has 23 heavy (non-hydrogen) atoms. The lowest BCUT2D eigenvalue weighted by Gasteiger charge is -2.06. The third kappa shape index (κ3) is 2.47. The molecule has 0 radical (unpaired) electrons. The Balaban J connectivity index is 1.84. The molecule has 4 aromatic rings. The maximum Gasteiger partial charge on any atom is 0.141 e. The average molecular weight is 367 g/mol. The number of pyridine rings is 1. The van der Waals surface area contributed by atoms with Crippen LogP contribution in [0.4, 0.5) is 0 Å². The van der Waals surface area contributed by atoms with Gasteiger partial charge in [0.1, 0.15) is 17.0 Å². The van der Waals surface area contributed by atoms with Crippen LogP contribution in [0, 0.1) is 0 Å². The van der Waals surface area contributed by atoms with E-state index in [-0.39, 0.29) is 5.75 Å². The van der Waals surface area contributed by atoms with Crippen LogP contribution in [0.15, 0.2) is 65.4 Å². The second-order valence-electron chi connectivity index (χ2n) is 5.06. The average Bonchev–Trinajstić information content (AvgIpc) is 3.06.